The van der Waals surface area contributed by atoms with Crippen molar-refractivity contribution in [3.63, 3.8) is 0 Å². The zero-order chi connectivity index (χ0) is 15.7. The summed E-state index contributed by atoms with van der Waals surface area (Å²) in [5.41, 5.74) is 0. The summed E-state index contributed by atoms with van der Waals surface area (Å²) < 4.78 is 38.6. The molecule has 1 aliphatic heterocycles. The van der Waals surface area contributed by atoms with Crippen LogP contribution in [0, 0.1) is 0 Å². The average Bonchev–Trinajstić information content (AvgIpc) is 2.29. The largest absolute Gasteiger partial charge is 0.400 e. The van der Waals surface area contributed by atoms with Crippen LogP contribution in [0.2, 0.25) is 0 Å². The molecule has 118 valence electrons. The van der Waals surface area contributed by atoms with E-state index in [1.165, 1.54) is 0 Å². The van der Waals surface area contributed by atoms with Gasteiger partial charge in [-0.2, -0.15) is 8.42 Å². The minimum Gasteiger partial charge on any atom is -0.391 e. The van der Waals surface area contributed by atoms with Crippen LogP contribution in [0.25, 0.3) is 0 Å². The number of hydrogen-bond donors (Lipinski definition) is 6. The number of carbonyl (C=O) groups is 1. The van der Waals surface area contributed by atoms with Crippen LogP contribution < -0.4 is 5.32 Å². The number of aliphatic hydroxyl groups is 4. The molecule has 0 bridgehead atoms. The quantitative estimate of drug-likeness (QED) is 0.280. The normalized spacial score (nSPS) is 38.5. The molecule has 1 aliphatic rings. The van der Waals surface area contributed by atoms with Gasteiger partial charge in [-0.1, -0.05) is 0 Å². The third-order valence-corrected chi connectivity index (χ3v) is 3.10. The molecule has 12 heteroatoms. The molecular weight excluding hydrogens is 302 g/mol. The second kappa shape index (κ2) is 5.87. The summed E-state index contributed by atoms with van der Waals surface area (Å²) in [5.74, 6) is -3.47. The average molecular weight is 317 g/mol. The van der Waals surface area contributed by atoms with E-state index in [1.54, 1.807) is 0 Å². The van der Waals surface area contributed by atoms with Crippen molar-refractivity contribution < 1.29 is 47.1 Å². The van der Waals surface area contributed by atoms with E-state index in [1.807, 2.05) is 0 Å². The number of amides is 1. The van der Waals surface area contributed by atoms with Crippen molar-refractivity contribution in [2.75, 3.05) is 6.61 Å². The number of rotatable bonds is 4. The maximum atomic E-state index is 10.9. The smallest absolute Gasteiger partial charge is 0.391 e. The minimum atomic E-state index is -5.17. The highest BCUT2D eigenvalue weighted by Gasteiger charge is 2.57. The van der Waals surface area contributed by atoms with E-state index in [0.29, 0.717) is 0 Å². The van der Waals surface area contributed by atoms with Crippen LogP contribution in [0.5, 0.6) is 0 Å². The highest BCUT2D eigenvalue weighted by Crippen LogP contribution is 2.31. The van der Waals surface area contributed by atoms with Crippen LogP contribution in [0.3, 0.4) is 0 Å². The maximum Gasteiger partial charge on any atom is 0.400 e. The van der Waals surface area contributed by atoms with Crippen molar-refractivity contribution in [1.29, 1.82) is 0 Å². The number of hydrogen-bond acceptors (Lipinski definition) is 9. The van der Waals surface area contributed by atoms with Gasteiger partial charge in [0.2, 0.25) is 11.7 Å². The van der Waals surface area contributed by atoms with Crippen LogP contribution in [0.1, 0.15) is 6.92 Å². The Labute approximate surface area is 113 Å². The van der Waals surface area contributed by atoms with Gasteiger partial charge in [-0.05, 0) is 0 Å². The van der Waals surface area contributed by atoms with Gasteiger partial charge in [-0.15, -0.1) is 0 Å². The van der Waals surface area contributed by atoms with E-state index < -0.39 is 53.2 Å². The predicted octanol–water partition coefficient (Wildman–Crippen LogP) is -3.93. The van der Waals surface area contributed by atoms with Gasteiger partial charge in [0.1, 0.15) is 24.9 Å². The molecule has 0 aromatic heterocycles. The third kappa shape index (κ3) is 3.62. The summed E-state index contributed by atoms with van der Waals surface area (Å²) in [7, 11) is -5.17. The summed E-state index contributed by atoms with van der Waals surface area (Å²) >= 11 is 0. The monoisotopic (exact) mass is 317 g/mol. The second-order valence-electron chi connectivity index (χ2n) is 4.15. The zero-order valence-electron chi connectivity index (χ0n) is 10.2. The summed E-state index contributed by atoms with van der Waals surface area (Å²) in [5, 5.41) is 40.2. The fourth-order valence-corrected chi connectivity index (χ4v) is 2.32. The Morgan fingerprint density at radius 3 is 2.35 bits per heavy atom. The second-order valence-corrected chi connectivity index (χ2v) is 5.17. The van der Waals surface area contributed by atoms with Gasteiger partial charge in [0.25, 0.3) is 0 Å². The van der Waals surface area contributed by atoms with Crippen molar-refractivity contribution in [3.05, 3.63) is 0 Å². The Hall–Kier alpha value is -0.860. The van der Waals surface area contributed by atoms with Gasteiger partial charge in [0.15, 0.2) is 6.29 Å². The number of ether oxygens (including phenoxy) is 1. The molecule has 1 fully saturated rings. The Morgan fingerprint density at radius 2 is 1.95 bits per heavy atom. The lowest BCUT2D eigenvalue weighted by Gasteiger charge is -2.46. The van der Waals surface area contributed by atoms with Gasteiger partial charge in [-0.3, -0.25) is 9.35 Å². The van der Waals surface area contributed by atoms with Gasteiger partial charge in [0, 0.05) is 6.92 Å². The SMILES string of the molecule is CC(=O)N[C@H]1C(O)O[C@](CO)(OS(=O)(=O)O)[C@H](O)[C@@H]1O. The van der Waals surface area contributed by atoms with E-state index in [2.05, 4.69) is 14.2 Å². The zero-order valence-corrected chi connectivity index (χ0v) is 11.0. The van der Waals surface area contributed by atoms with Gasteiger partial charge in [0.05, 0.1) is 0 Å². The molecule has 5 atom stereocenters. The molecule has 0 aromatic carbocycles. The third-order valence-electron chi connectivity index (χ3n) is 2.61. The van der Waals surface area contributed by atoms with Gasteiger partial charge < -0.3 is 30.5 Å². The van der Waals surface area contributed by atoms with Crippen LogP contribution in [-0.2, 0) is 24.1 Å². The van der Waals surface area contributed by atoms with Crippen LogP contribution in [-0.4, -0.2) is 76.2 Å². The molecule has 0 saturated carbocycles. The molecule has 1 saturated heterocycles. The van der Waals surface area contributed by atoms with E-state index in [4.69, 9.17) is 9.66 Å². The summed E-state index contributed by atoms with van der Waals surface area (Å²) in [6.07, 6.45) is -6.13. The Bertz CT molecular complexity index is 466. The summed E-state index contributed by atoms with van der Waals surface area (Å²) in [6, 6.07) is -1.49. The van der Waals surface area contributed by atoms with Gasteiger partial charge in [-0.25, -0.2) is 4.18 Å². The standard InChI is InChI=1S/C8H15NO10S/c1-3(11)9-4-5(12)6(13)8(2-10,18-7(4)14)19-20(15,16)17/h4-7,10,12-14H,2H2,1H3,(H,9,11)(H,15,16,17)/t4-,5-,6-,7?,8-/m1/s1. The van der Waals surface area contributed by atoms with Crippen LogP contribution >= 0.6 is 0 Å². The Morgan fingerprint density at radius 1 is 1.40 bits per heavy atom. The Balaban J connectivity index is 3.06. The molecule has 1 rings (SSSR count). The first-order valence-corrected chi connectivity index (χ1v) is 6.67. The summed E-state index contributed by atoms with van der Waals surface area (Å²) in [6.45, 7) is -0.247. The summed E-state index contributed by atoms with van der Waals surface area (Å²) in [4.78, 5) is 10.9. The van der Waals surface area contributed by atoms with Crippen molar-refractivity contribution in [2.45, 2.75) is 37.3 Å². The van der Waals surface area contributed by atoms with E-state index in [-0.39, 0.29) is 0 Å². The van der Waals surface area contributed by atoms with Crippen molar-refractivity contribution in [1.82, 2.24) is 5.32 Å². The van der Waals surface area contributed by atoms with Crippen LogP contribution in [0.15, 0.2) is 0 Å². The first-order chi connectivity index (χ1) is 9.02. The van der Waals surface area contributed by atoms with Crippen LogP contribution in [0.4, 0.5) is 0 Å². The molecule has 6 N–H and O–H groups in total. The topological polar surface area (TPSA) is 183 Å². The molecule has 1 unspecified atom stereocenters. The van der Waals surface area contributed by atoms with Crippen molar-refractivity contribution in [2.24, 2.45) is 0 Å². The number of carbonyl (C=O) groups excluding carboxylic acids is 1. The molecule has 0 spiro atoms. The molecule has 1 heterocycles. The fourth-order valence-electron chi connectivity index (χ4n) is 1.77. The molecular formula is C8H15NO10S. The predicted molar refractivity (Wildman–Crippen MR) is 59.2 cm³/mol. The van der Waals surface area contributed by atoms with E-state index in [9.17, 15) is 28.5 Å². The minimum absolute atomic E-state index is 0.670. The molecule has 0 radical (unpaired) electrons. The van der Waals surface area contributed by atoms with Crippen molar-refractivity contribution in [3.8, 4) is 0 Å². The van der Waals surface area contributed by atoms with E-state index in [0.717, 1.165) is 6.92 Å². The maximum absolute atomic E-state index is 10.9. The molecule has 11 nitrogen and oxygen atoms in total. The molecule has 1 amide bonds. The first-order valence-electron chi connectivity index (χ1n) is 5.30. The lowest BCUT2D eigenvalue weighted by Crippen LogP contribution is -2.70. The lowest BCUT2D eigenvalue weighted by atomic mass is 9.94. The lowest BCUT2D eigenvalue weighted by molar-refractivity contribution is -0.362. The molecule has 0 aromatic rings. The highest BCUT2D eigenvalue weighted by molar-refractivity contribution is 7.80. The molecule has 20 heavy (non-hydrogen) atoms. The van der Waals surface area contributed by atoms with Crippen molar-refractivity contribution >= 4 is 16.3 Å². The first kappa shape index (κ1) is 17.2. The highest BCUT2D eigenvalue weighted by atomic mass is 32.3. The number of nitrogens with one attached hydrogen (secondary N) is 1. The number of aliphatic hydroxyl groups excluding tert-OH is 4. The Kier molecular flexibility index (Phi) is 5.04. The van der Waals surface area contributed by atoms with E-state index >= 15 is 0 Å². The molecule has 0 aliphatic carbocycles. The van der Waals surface area contributed by atoms with Gasteiger partial charge >= 0.3 is 10.4 Å². The fraction of sp³-hybridized carbons (Fsp3) is 0.875.